The topological polar surface area (TPSA) is 124 Å². The third-order valence-electron chi connectivity index (χ3n) is 11.4. The number of unbranched alkanes of at least 4 members (excludes halogenated alkanes) is 29. The van der Waals surface area contributed by atoms with Crippen LogP contribution in [-0.4, -0.2) is 61.9 Å². The van der Waals surface area contributed by atoms with E-state index in [4.69, 9.17) is 24.6 Å². The lowest BCUT2D eigenvalue weighted by Crippen LogP contribution is -2.07. The van der Waals surface area contributed by atoms with Gasteiger partial charge in [-0.05, 0) is 110 Å². The van der Waals surface area contributed by atoms with Crippen molar-refractivity contribution in [2.24, 2.45) is 0 Å². The average molecular weight is 1050 g/mol. The third-order valence-corrected chi connectivity index (χ3v) is 12.7. The summed E-state index contributed by atoms with van der Waals surface area (Å²) >= 11 is 0. The molecule has 73 heavy (non-hydrogen) atoms. The van der Waals surface area contributed by atoms with Crippen LogP contribution in [0.4, 0.5) is 0 Å². The van der Waals surface area contributed by atoms with Gasteiger partial charge in [-0.1, -0.05) is 259 Å². The van der Waals surface area contributed by atoms with Crippen LogP contribution in [0.5, 0.6) is 0 Å². The van der Waals surface area contributed by atoms with Gasteiger partial charge in [-0.2, -0.15) is 8.42 Å². The smallest absolute Gasteiger partial charge is 0.296 e. The first-order valence-electron chi connectivity index (χ1n) is 29.4. The highest BCUT2D eigenvalue weighted by Crippen LogP contribution is 2.15. The second kappa shape index (κ2) is 75.7. The van der Waals surface area contributed by atoms with Gasteiger partial charge < -0.3 is 20.4 Å². The number of allylic oxidation sites excluding steroid dienone is 12. The highest BCUT2D eigenvalue weighted by atomic mass is 32.2. The Morgan fingerprint density at radius 2 is 0.740 bits per heavy atom. The van der Waals surface area contributed by atoms with E-state index in [1.54, 1.807) is 30.3 Å². The van der Waals surface area contributed by atoms with Crippen molar-refractivity contribution in [2.75, 3.05) is 33.0 Å². The zero-order valence-electron chi connectivity index (χ0n) is 48.7. The highest BCUT2D eigenvalue weighted by Gasteiger charge is 2.14. The van der Waals surface area contributed by atoms with Gasteiger partial charge >= 0.3 is 0 Å². The van der Waals surface area contributed by atoms with Crippen LogP contribution in [0.2, 0.25) is 0 Å². The number of aliphatic hydroxyl groups is 4. The predicted molar refractivity (Wildman–Crippen MR) is 324 cm³/mol. The Bertz CT molecular complexity index is 1370. The zero-order chi connectivity index (χ0) is 55.3. The number of hydrogen-bond acceptors (Lipinski definition) is 7. The van der Waals surface area contributed by atoms with Crippen molar-refractivity contribution in [3.8, 4) is 0 Å². The van der Waals surface area contributed by atoms with Gasteiger partial charge in [0, 0.05) is 26.4 Å². The van der Waals surface area contributed by atoms with Crippen molar-refractivity contribution in [3.05, 3.63) is 116 Å². The Hall–Kier alpha value is -2.85. The molecule has 0 saturated heterocycles. The van der Waals surface area contributed by atoms with Gasteiger partial charge in [-0.3, -0.25) is 4.18 Å². The first-order valence-corrected chi connectivity index (χ1v) is 30.8. The van der Waals surface area contributed by atoms with Gasteiger partial charge in [0.05, 0.1) is 11.5 Å². The van der Waals surface area contributed by atoms with Crippen LogP contribution >= 0.6 is 0 Å². The molecule has 7 nitrogen and oxygen atoms in total. The third kappa shape index (κ3) is 80.7. The molecule has 8 heteroatoms. The molecule has 0 aliphatic heterocycles. The van der Waals surface area contributed by atoms with Crippen LogP contribution in [0, 0.1) is 6.92 Å². The minimum atomic E-state index is -3.61. The molecule has 1 aromatic carbocycles. The first kappa shape index (κ1) is 79.0. The van der Waals surface area contributed by atoms with E-state index in [0.29, 0.717) is 19.8 Å². The molecule has 428 valence electrons. The fourth-order valence-electron chi connectivity index (χ4n) is 6.87. The van der Waals surface area contributed by atoms with E-state index in [0.717, 1.165) is 82.6 Å². The van der Waals surface area contributed by atoms with Crippen molar-refractivity contribution in [1.29, 1.82) is 0 Å². The molecule has 0 spiro atoms. The quantitative estimate of drug-likeness (QED) is 0.0222. The van der Waals surface area contributed by atoms with Gasteiger partial charge in [0.2, 0.25) is 0 Å². The lowest BCUT2D eigenvalue weighted by Gasteiger charge is -2.06. The highest BCUT2D eigenvalue weighted by molar-refractivity contribution is 7.86. The van der Waals surface area contributed by atoms with Crippen LogP contribution in [0.25, 0.3) is 0 Å². The van der Waals surface area contributed by atoms with Crippen LogP contribution in [-0.2, 0) is 14.3 Å². The summed E-state index contributed by atoms with van der Waals surface area (Å²) in [6, 6.07) is 6.68. The molecule has 1 rings (SSSR count). The summed E-state index contributed by atoms with van der Waals surface area (Å²) in [5.74, 6) is 0. The Balaban J connectivity index is -0.000000264. The molecule has 0 unspecified atom stereocenters. The molecule has 0 fully saturated rings. The van der Waals surface area contributed by atoms with Crippen molar-refractivity contribution >= 4 is 10.1 Å². The zero-order valence-corrected chi connectivity index (χ0v) is 49.5. The van der Waals surface area contributed by atoms with Crippen LogP contribution in [0.1, 0.15) is 258 Å². The molecule has 0 radical (unpaired) electrons. The van der Waals surface area contributed by atoms with E-state index in [2.05, 4.69) is 76.5 Å². The molecule has 0 aliphatic rings. The summed E-state index contributed by atoms with van der Waals surface area (Å²) in [7, 11) is -3.61. The molecule has 4 N–H and O–H groups in total. The van der Waals surface area contributed by atoms with E-state index in [1.165, 1.54) is 141 Å². The van der Waals surface area contributed by atoms with Gasteiger partial charge in [0.15, 0.2) is 0 Å². The number of aryl methyl sites for hydroxylation is 1. The van der Waals surface area contributed by atoms with Gasteiger partial charge in [-0.15, -0.1) is 6.58 Å². The largest absolute Gasteiger partial charge is 0.396 e. The lowest BCUT2D eigenvalue weighted by atomic mass is 10.1. The summed E-state index contributed by atoms with van der Waals surface area (Å²) in [5, 5.41) is 34.1. The normalized spacial score (nSPS) is 11.1. The second-order valence-corrected chi connectivity index (χ2v) is 20.2. The fourth-order valence-corrected chi connectivity index (χ4v) is 7.81. The van der Waals surface area contributed by atoms with Crippen molar-refractivity contribution in [1.82, 2.24) is 0 Å². The molecule has 0 aromatic heterocycles. The molecule has 0 aliphatic carbocycles. The molecule has 0 saturated carbocycles. The Morgan fingerprint density at radius 1 is 0.425 bits per heavy atom. The number of hydrogen-bond donors (Lipinski definition) is 4. The second-order valence-electron chi connectivity index (χ2n) is 18.6. The van der Waals surface area contributed by atoms with Crippen LogP contribution < -0.4 is 0 Å². The average Bonchev–Trinajstić information content (AvgIpc) is 3.39. The van der Waals surface area contributed by atoms with E-state index in [-0.39, 0.29) is 18.1 Å². The lowest BCUT2D eigenvalue weighted by molar-refractivity contribution is 0.278. The van der Waals surface area contributed by atoms with Crippen LogP contribution in [0.15, 0.2) is 115 Å². The van der Waals surface area contributed by atoms with Crippen molar-refractivity contribution < 1.29 is 33.0 Å². The van der Waals surface area contributed by atoms with Gasteiger partial charge in [-0.25, -0.2) is 0 Å². The maximum Gasteiger partial charge on any atom is 0.296 e. The SMILES string of the molecule is C/C=C/C=C/CCCCCCCC.C/C=C/C=C/CCCCCCCO.C=C/C=C/C.C=CCCCCCCCC.Cc1ccc(S(=O)(=O)OCCCCCCCCCO)cc1.OCCCCCCCCCO. The summed E-state index contributed by atoms with van der Waals surface area (Å²) in [5.41, 5.74) is 1.02. The molecular weight excluding hydrogens is 925 g/mol. The Labute approximate surface area is 454 Å². The molecule has 0 heterocycles. The van der Waals surface area contributed by atoms with Gasteiger partial charge in [0.25, 0.3) is 10.1 Å². The minimum absolute atomic E-state index is 0.220. The minimum Gasteiger partial charge on any atom is -0.396 e. The molecule has 0 amide bonds. The number of benzene rings is 1. The Morgan fingerprint density at radius 3 is 1.04 bits per heavy atom. The summed E-state index contributed by atoms with van der Waals surface area (Å²) < 4.78 is 28.8. The molecule has 1 aromatic rings. The summed E-state index contributed by atoms with van der Waals surface area (Å²) in [6.07, 6.45) is 65.8. The van der Waals surface area contributed by atoms with E-state index in [9.17, 15) is 8.42 Å². The fraction of sp³-hybridized carbons (Fsp3) is 0.692. The standard InChI is InChI=1S/C16H26O4S.C13H24.C12H22O.C10H20.C9H20O2.C5H8/c1-15-9-11-16(12-10-15)21(18,19)20-14-8-6-4-2-3-5-7-13-17;1-3-5-7-9-11-13-12-10-8-6-4-2;1-2-3-4-5-6-7-8-9-10-11-12-13;1-3-5-7-9-10-8-6-4-2;10-8-6-4-2-1-3-5-7-9-11;1-3-5-4-2/h9-12,17H,2-8,13-14H2,1H3;3,5,7,9H,4,6,8,10-13H2,1-2H3;2-5,13H,6-12H2,1H3;3H,1,4-10H2,2H3;10-11H,1-9H2;3-5H,1H2,2H3/b;5-3+,9-7+;3-2+,5-4+;;;5-4+. The molecule has 0 bridgehead atoms. The predicted octanol–water partition coefficient (Wildman–Crippen LogP) is 19.1. The number of aliphatic hydroxyl groups excluding tert-OH is 4. The van der Waals surface area contributed by atoms with Crippen molar-refractivity contribution in [2.45, 2.75) is 265 Å². The molecular formula is C65H120O7S. The maximum absolute atomic E-state index is 11.9. The van der Waals surface area contributed by atoms with E-state index in [1.807, 2.05) is 45.1 Å². The summed E-state index contributed by atoms with van der Waals surface area (Å²) in [4.78, 5) is 0.220. The van der Waals surface area contributed by atoms with Gasteiger partial charge in [0.1, 0.15) is 0 Å². The first-order chi connectivity index (χ1) is 35.6. The van der Waals surface area contributed by atoms with E-state index < -0.39 is 10.1 Å². The van der Waals surface area contributed by atoms with E-state index >= 15 is 0 Å². The Kier molecular flexibility index (Phi) is 81.9. The monoisotopic (exact) mass is 1040 g/mol. The van der Waals surface area contributed by atoms with Crippen LogP contribution in [0.3, 0.4) is 0 Å². The summed E-state index contributed by atoms with van der Waals surface area (Å²) in [6.45, 7) is 21.1. The molecule has 0 atom stereocenters. The number of rotatable bonds is 43. The van der Waals surface area contributed by atoms with Crippen molar-refractivity contribution in [3.63, 3.8) is 0 Å². The maximum atomic E-state index is 11.9.